The summed E-state index contributed by atoms with van der Waals surface area (Å²) in [6, 6.07) is 21.8. The molecule has 0 spiro atoms. The quantitative estimate of drug-likeness (QED) is 0.501. The number of para-hydroxylation sites is 1. The topological polar surface area (TPSA) is 76.7 Å². The molecule has 0 fully saturated rings. The van der Waals surface area contributed by atoms with E-state index in [1.807, 2.05) is 43.3 Å². The van der Waals surface area contributed by atoms with Gasteiger partial charge in [0.25, 0.3) is 5.91 Å². The Hall–Kier alpha value is -4.06. The van der Waals surface area contributed by atoms with Crippen LogP contribution in [0.15, 0.2) is 78.9 Å². The van der Waals surface area contributed by atoms with E-state index in [1.54, 1.807) is 56.7 Å². The Morgan fingerprint density at radius 2 is 1.56 bits per heavy atom. The Bertz CT molecular complexity index is 1110. The number of carbonyl (C=O) groups is 2. The monoisotopic (exact) mass is 430 g/mol. The molecule has 0 saturated carbocycles. The van der Waals surface area contributed by atoms with Crippen molar-refractivity contribution < 1.29 is 19.1 Å². The van der Waals surface area contributed by atoms with Crippen molar-refractivity contribution in [1.29, 1.82) is 0 Å². The van der Waals surface area contributed by atoms with Crippen molar-refractivity contribution in [2.45, 2.75) is 13.0 Å². The van der Waals surface area contributed by atoms with Crippen LogP contribution in [0.5, 0.6) is 11.5 Å². The first kappa shape index (κ1) is 22.6. The van der Waals surface area contributed by atoms with Crippen molar-refractivity contribution in [1.82, 2.24) is 5.32 Å². The summed E-state index contributed by atoms with van der Waals surface area (Å²) in [4.78, 5) is 25.3. The summed E-state index contributed by atoms with van der Waals surface area (Å²) >= 11 is 0. The molecule has 0 saturated heterocycles. The Balaban J connectivity index is 1.69. The molecule has 0 radical (unpaired) electrons. The molecule has 0 aromatic heterocycles. The molecule has 2 N–H and O–H groups in total. The van der Waals surface area contributed by atoms with Gasteiger partial charge in [0, 0.05) is 6.08 Å². The lowest BCUT2D eigenvalue weighted by atomic mass is 10.1. The third kappa shape index (κ3) is 5.76. The highest BCUT2D eigenvalue weighted by Gasteiger charge is 2.15. The van der Waals surface area contributed by atoms with E-state index in [0.29, 0.717) is 22.7 Å². The largest absolute Gasteiger partial charge is 0.493 e. The molecule has 1 unspecified atom stereocenters. The van der Waals surface area contributed by atoms with Crippen LogP contribution < -0.4 is 20.1 Å². The molecule has 0 bridgehead atoms. The van der Waals surface area contributed by atoms with Crippen LogP contribution in [0.3, 0.4) is 0 Å². The first-order valence-electron chi connectivity index (χ1n) is 10.2. The predicted octanol–water partition coefficient (Wildman–Crippen LogP) is 4.85. The van der Waals surface area contributed by atoms with Gasteiger partial charge in [-0.15, -0.1) is 0 Å². The number of benzene rings is 3. The highest BCUT2D eigenvalue weighted by molar-refractivity contribution is 6.07. The van der Waals surface area contributed by atoms with Crippen molar-refractivity contribution in [2.24, 2.45) is 0 Å². The molecule has 1 atom stereocenters. The second-order valence-corrected chi connectivity index (χ2v) is 7.09. The number of rotatable bonds is 8. The highest BCUT2D eigenvalue weighted by Crippen LogP contribution is 2.28. The Morgan fingerprint density at radius 3 is 2.28 bits per heavy atom. The Labute approximate surface area is 187 Å². The van der Waals surface area contributed by atoms with Crippen molar-refractivity contribution >= 4 is 23.6 Å². The van der Waals surface area contributed by atoms with Gasteiger partial charge in [-0.25, -0.2) is 0 Å². The third-order valence-electron chi connectivity index (χ3n) is 4.91. The fourth-order valence-electron chi connectivity index (χ4n) is 3.19. The Kier molecular flexibility index (Phi) is 7.65. The van der Waals surface area contributed by atoms with Gasteiger partial charge >= 0.3 is 0 Å². The maximum Gasteiger partial charge on any atom is 0.253 e. The third-order valence-corrected chi connectivity index (χ3v) is 4.91. The zero-order valence-electron chi connectivity index (χ0n) is 18.3. The van der Waals surface area contributed by atoms with E-state index in [9.17, 15) is 9.59 Å². The molecule has 6 nitrogen and oxygen atoms in total. The zero-order chi connectivity index (χ0) is 22.9. The minimum Gasteiger partial charge on any atom is -0.493 e. The number of carbonyl (C=O) groups excluding carboxylic acids is 2. The van der Waals surface area contributed by atoms with Gasteiger partial charge in [0.15, 0.2) is 11.5 Å². The number of hydrogen-bond acceptors (Lipinski definition) is 4. The van der Waals surface area contributed by atoms with E-state index in [1.165, 1.54) is 6.08 Å². The van der Waals surface area contributed by atoms with Gasteiger partial charge in [0.05, 0.1) is 31.5 Å². The molecule has 6 heteroatoms. The summed E-state index contributed by atoms with van der Waals surface area (Å²) < 4.78 is 10.5. The SMILES string of the molecule is COc1ccc(C=CC(=O)Nc2ccccc2C(=O)NC(C)c2ccccc2)cc1OC. The van der Waals surface area contributed by atoms with Crippen molar-refractivity contribution in [2.75, 3.05) is 19.5 Å². The highest BCUT2D eigenvalue weighted by atomic mass is 16.5. The van der Waals surface area contributed by atoms with Crippen LogP contribution in [0.2, 0.25) is 0 Å². The smallest absolute Gasteiger partial charge is 0.253 e. The summed E-state index contributed by atoms with van der Waals surface area (Å²) in [6.07, 6.45) is 3.07. The number of anilines is 1. The number of amides is 2. The van der Waals surface area contributed by atoms with Gasteiger partial charge in [-0.2, -0.15) is 0 Å². The fourth-order valence-corrected chi connectivity index (χ4v) is 3.19. The van der Waals surface area contributed by atoms with Crippen molar-refractivity contribution in [3.8, 4) is 11.5 Å². The minimum absolute atomic E-state index is 0.169. The number of ether oxygens (including phenoxy) is 2. The number of nitrogens with one attached hydrogen (secondary N) is 2. The van der Waals surface area contributed by atoms with Crippen LogP contribution in [0.25, 0.3) is 6.08 Å². The van der Waals surface area contributed by atoms with E-state index in [2.05, 4.69) is 10.6 Å². The van der Waals surface area contributed by atoms with Gasteiger partial charge in [-0.1, -0.05) is 48.5 Å². The maximum absolute atomic E-state index is 12.8. The second-order valence-electron chi connectivity index (χ2n) is 7.09. The summed E-state index contributed by atoms with van der Waals surface area (Å²) in [5, 5.41) is 5.76. The van der Waals surface area contributed by atoms with Crippen LogP contribution in [-0.4, -0.2) is 26.0 Å². The normalized spacial score (nSPS) is 11.6. The van der Waals surface area contributed by atoms with E-state index in [4.69, 9.17) is 9.47 Å². The number of hydrogen-bond donors (Lipinski definition) is 2. The average Bonchev–Trinajstić information content (AvgIpc) is 2.83. The molecule has 0 aliphatic heterocycles. The van der Waals surface area contributed by atoms with Crippen LogP contribution >= 0.6 is 0 Å². The van der Waals surface area contributed by atoms with Crippen molar-refractivity contribution in [3.05, 3.63) is 95.6 Å². The average molecular weight is 431 g/mol. The van der Waals surface area contributed by atoms with E-state index >= 15 is 0 Å². The molecule has 3 rings (SSSR count). The van der Waals surface area contributed by atoms with Gasteiger partial charge in [-0.05, 0) is 48.4 Å². The first-order chi connectivity index (χ1) is 15.5. The standard InChI is InChI=1S/C26H26N2O4/c1-18(20-9-5-4-6-10-20)27-26(30)21-11-7-8-12-22(21)28-25(29)16-14-19-13-15-23(31-2)24(17-19)32-3/h4-18H,1-3H3,(H,27,30)(H,28,29). The van der Waals surface area contributed by atoms with Gasteiger partial charge < -0.3 is 20.1 Å². The van der Waals surface area contributed by atoms with E-state index < -0.39 is 0 Å². The molecule has 0 aliphatic carbocycles. The summed E-state index contributed by atoms with van der Waals surface area (Å²) in [5.41, 5.74) is 2.61. The lowest BCUT2D eigenvalue weighted by Crippen LogP contribution is -2.27. The number of methoxy groups -OCH3 is 2. The maximum atomic E-state index is 12.8. The minimum atomic E-state index is -0.351. The molecular formula is C26H26N2O4. The van der Waals surface area contributed by atoms with Gasteiger partial charge in [0.2, 0.25) is 5.91 Å². The summed E-state index contributed by atoms with van der Waals surface area (Å²) in [7, 11) is 3.12. The molecule has 3 aromatic carbocycles. The van der Waals surface area contributed by atoms with Crippen LogP contribution in [0, 0.1) is 0 Å². The predicted molar refractivity (Wildman–Crippen MR) is 126 cm³/mol. The van der Waals surface area contributed by atoms with E-state index in [-0.39, 0.29) is 17.9 Å². The molecule has 164 valence electrons. The van der Waals surface area contributed by atoms with E-state index in [0.717, 1.165) is 11.1 Å². The Morgan fingerprint density at radius 1 is 0.875 bits per heavy atom. The molecule has 32 heavy (non-hydrogen) atoms. The van der Waals surface area contributed by atoms with Crippen LogP contribution in [0.1, 0.15) is 34.5 Å². The molecule has 3 aromatic rings. The van der Waals surface area contributed by atoms with Crippen molar-refractivity contribution in [3.63, 3.8) is 0 Å². The summed E-state index contributed by atoms with van der Waals surface area (Å²) in [6.45, 7) is 1.92. The molecule has 2 amide bonds. The van der Waals surface area contributed by atoms with Crippen LogP contribution in [0.4, 0.5) is 5.69 Å². The molecule has 0 aliphatic rings. The lowest BCUT2D eigenvalue weighted by Gasteiger charge is -2.16. The lowest BCUT2D eigenvalue weighted by molar-refractivity contribution is -0.111. The fraction of sp³-hybridized carbons (Fsp3) is 0.154. The molecule has 0 heterocycles. The van der Waals surface area contributed by atoms with Crippen LogP contribution in [-0.2, 0) is 4.79 Å². The summed E-state index contributed by atoms with van der Waals surface area (Å²) in [5.74, 6) is 0.570. The second kappa shape index (κ2) is 10.8. The van der Waals surface area contributed by atoms with Gasteiger partial charge in [-0.3, -0.25) is 9.59 Å². The zero-order valence-corrected chi connectivity index (χ0v) is 18.3. The molecular weight excluding hydrogens is 404 g/mol. The first-order valence-corrected chi connectivity index (χ1v) is 10.2. The van der Waals surface area contributed by atoms with Gasteiger partial charge in [0.1, 0.15) is 0 Å².